The molecule has 0 saturated carbocycles. The van der Waals surface area contributed by atoms with E-state index in [0.717, 1.165) is 34.5 Å². The molecule has 3 N–H and O–H groups in total. The van der Waals surface area contributed by atoms with E-state index < -0.39 is 0 Å². The third kappa shape index (κ3) is 3.41. The molecule has 3 rings (SSSR count). The fourth-order valence-electron chi connectivity index (χ4n) is 2.66. The van der Waals surface area contributed by atoms with Crippen molar-refractivity contribution >= 4 is 11.2 Å². The number of benzene rings is 1. The Hall–Kier alpha value is -2.24. The van der Waals surface area contributed by atoms with E-state index in [2.05, 4.69) is 51.5 Å². The first-order chi connectivity index (χ1) is 11.2. The Morgan fingerprint density at radius 3 is 2.65 bits per heavy atom. The molecule has 5 heteroatoms. The maximum absolute atomic E-state index is 9.66. The van der Waals surface area contributed by atoms with Gasteiger partial charge in [-0.3, -0.25) is 0 Å². The number of aromatic nitrogens is 3. The van der Waals surface area contributed by atoms with Crippen LogP contribution in [0.25, 0.3) is 11.2 Å². The zero-order valence-corrected chi connectivity index (χ0v) is 13.5. The number of pyridine rings is 1. The van der Waals surface area contributed by atoms with Gasteiger partial charge in [-0.05, 0) is 36.1 Å². The summed E-state index contributed by atoms with van der Waals surface area (Å²) >= 11 is 0. The third-order valence-electron chi connectivity index (χ3n) is 4.14. The summed E-state index contributed by atoms with van der Waals surface area (Å²) in [6.07, 6.45) is 2.78. The molecule has 2 aromatic heterocycles. The average Bonchev–Trinajstić information content (AvgIpc) is 3.00. The highest BCUT2D eigenvalue weighted by molar-refractivity contribution is 5.74. The van der Waals surface area contributed by atoms with E-state index in [0.29, 0.717) is 6.54 Å². The fourth-order valence-corrected chi connectivity index (χ4v) is 2.66. The van der Waals surface area contributed by atoms with Gasteiger partial charge in [0, 0.05) is 6.20 Å². The molecule has 120 valence electrons. The number of imidazole rings is 1. The summed E-state index contributed by atoms with van der Waals surface area (Å²) < 4.78 is 0. The van der Waals surface area contributed by atoms with E-state index in [1.54, 1.807) is 6.20 Å². The molecule has 0 bridgehead atoms. The number of aromatic amines is 1. The number of fused-ring (bicyclic) bond motifs is 1. The van der Waals surface area contributed by atoms with Crippen molar-refractivity contribution in [3.63, 3.8) is 0 Å². The molecule has 3 aromatic rings. The lowest BCUT2D eigenvalue weighted by Gasteiger charge is -2.16. The van der Waals surface area contributed by atoms with Crippen molar-refractivity contribution < 1.29 is 5.11 Å². The minimum absolute atomic E-state index is 0.0446. The van der Waals surface area contributed by atoms with E-state index in [1.165, 1.54) is 5.56 Å². The standard InChI is InChI=1S/C18H22N4O/c1-3-13-4-6-14(7-5-13)15(11-23)20-10-16-21-17-12(2)8-9-19-18(17)22-16/h4-9,15,20,23H,3,10-11H2,1-2H3,(H,19,21,22)/t15-/m1/s1. The normalized spacial score (nSPS) is 12.7. The van der Waals surface area contributed by atoms with Crippen molar-refractivity contribution in [3.8, 4) is 0 Å². The van der Waals surface area contributed by atoms with Crippen LogP contribution in [0.2, 0.25) is 0 Å². The first-order valence-electron chi connectivity index (χ1n) is 7.94. The van der Waals surface area contributed by atoms with Gasteiger partial charge in [0.15, 0.2) is 5.65 Å². The molecule has 2 heterocycles. The molecule has 0 amide bonds. The van der Waals surface area contributed by atoms with E-state index in [1.807, 2.05) is 13.0 Å². The molecule has 0 aliphatic carbocycles. The predicted molar refractivity (Wildman–Crippen MR) is 91.1 cm³/mol. The minimum Gasteiger partial charge on any atom is -0.394 e. The molecule has 0 spiro atoms. The lowest BCUT2D eigenvalue weighted by Crippen LogP contribution is -2.24. The predicted octanol–water partition coefficient (Wildman–Crippen LogP) is 2.65. The van der Waals surface area contributed by atoms with Crippen molar-refractivity contribution in [3.05, 3.63) is 59.0 Å². The van der Waals surface area contributed by atoms with Gasteiger partial charge in [0.2, 0.25) is 0 Å². The van der Waals surface area contributed by atoms with Gasteiger partial charge >= 0.3 is 0 Å². The minimum atomic E-state index is -0.108. The van der Waals surface area contributed by atoms with Crippen LogP contribution in [-0.4, -0.2) is 26.7 Å². The van der Waals surface area contributed by atoms with Gasteiger partial charge in [-0.15, -0.1) is 0 Å². The first-order valence-corrected chi connectivity index (χ1v) is 7.94. The zero-order valence-electron chi connectivity index (χ0n) is 13.5. The van der Waals surface area contributed by atoms with Crippen LogP contribution in [-0.2, 0) is 13.0 Å². The van der Waals surface area contributed by atoms with Crippen molar-refractivity contribution in [1.82, 2.24) is 20.3 Å². The van der Waals surface area contributed by atoms with Crippen molar-refractivity contribution in [2.24, 2.45) is 0 Å². The third-order valence-corrected chi connectivity index (χ3v) is 4.14. The van der Waals surface area contributed by atoms with Crippen LogP contribution in [0.3, 0.4) is 0 Å². The van der Waals surface area contributed by atoms with Crippen LogP contribution in [0.15, 0.2) is 36.5 Å². The van der Waals surface area contributed by atoms with E-state index >= 15 is 0 Å². The molecule has 0 radical (unpaired) electrons. The summed E-state index contributed by atoms with van der Waals surface area (Å²) in [5.41, 5.74) is 5.20. The van der Waals surface area contributed by atoms with Gasteiger partial charge in [0.05, 0.1) is 24.7 Å². The van der Waals surface area contributed by atoms with Crippen molar-refractivity contribution in [2.45, 2.75) is 32.9 Å². The van der Waals surface area contributed by atoms with Crippen LogP contribution in [0, 0.1) is 6.92 Å². The molecule has 0 unspecified atom stereocenters. The second-order valence-corrected chi connectivity index (χ2v) is 5.72. The fraction of sp³-hybridized carbons (Fsp3) is 0.333. The smallest absolute Gasteiger partial charge is 0.178 e. The van der Waals surface area contributed by atoms with E-state index in [4.69, 9.17) is 0 Å². The highest BCUT2D eigenvalue weighted by Gasteiger charge is 2.12. The highest BCUT2D eigenvalue weighted by Crippen LogP contribution is 2.16. The summed E-state index contributed by atoms with van der Waals surface area (Å²) in [5, 5.41) is 13.0. The van der Waals surface area contributed by atoms with Crippen LogP contribution in [0.1, 0.15) is 35.5 Å². The Bertz CT molecular complexity index is 779. The summed E-state index contributed by atoms with van der Waals surface area (Å²) in [6, 6.07) is 10.2. The van der Waals surface area contributed by atoms with Crippen LogP contribution < -0.4 is 5.32 Å². The molecule has 0 aliphatic heterocycles. The van der Waals surface area contributed by atoms with E-state index in [9.17, 15) is 5.11 Å². The number of rotatable bonds is 6. The lowest BCUT2D eigenvalue weighted by molar-refractivity contribution is 0.243. The number of hydrogen-bond donors (Lipinski definition) is 3. The zero-order chi connectivity index (χ0) is 16.2. The number of hydrogen-bond acceptors (Lipinski definition) is 4. The molecule has 0 aliphatic rings. The molecule has 5 nitrogen and oxygen atoms in total. The van der Waals surface area contributed by atoms with Crippen LogP contribution in [0.4, 0.5) is 0 Å². The lowest BCUT2D eigenvalue weighted by atomic mass is 10.0. The Labute approximate surface area is 135 Å². The average molecular weight is 310 g/mol. The van der Waals surface area contributed by atoms with Crippen molar-refractivity contribution in [2.75, 3.05) is 6.61 Å². The second-order valence-electron chi connectivity index (χ2n) is 5.72. The van der Waals surface area contributed by atoms with Gasteiger partial charge in [-0.1, -0.05) is 31.2 Å². The first kappa shape index (κ1) is 15.6. The summed E-state index contributed by atoms with van der Waals surface area (Å²) in [4.78, 5) is 12.1. The van der Waals surface area contributed by atoms with Gasteiger partial charge in [0.25, 0.3) is 0 Å². The van der Waals surface area contributed by atoms with Gasteiger partial charge in [-0.25, -0.2) is 9.97 Å². The Kier molecular flexibility index (Phi) is 4.69. The maximum Gasteiger partial charge on any atom is 0.178 e. The van der Waals surface area contributed by atoms with E-state index in [-0.39, 0.29) is 12.6 Å². The van der Waals surface area contributed by atoms with Gasteiger partial charge in [0.1, 0.15) is 5.82 Å². The number of nitrogens with zero attached hydrogens (tertiary/aromatic N) is 2. The maximum atomic E-state index is 9.66. The number of aliphatic hydroxyl groups excluding tert-OH is 1. The number of H-pyrrole nitrogens is 1. The Balaban J connectivity index is 1.72. The largest absolute Gasteiger partial charge is 0.394 e. The summed E-state index contributed by atoms with van der Waals surface area (Å²) in [5.74, 6) is 0.824. The van der Waals surface area contributed by atoms with Crippen LogP contribution in [0.5, 0.6) is 0 Å². The summed E-state index contributed by atoms with van der Waals surface area (Å²) in [6.45, 7) is 4.76. The van der Waals surface area contributed by atoms with Crippen LogP contribution >= 0.6 is 0 Å². The number of aryl methyl sites for hydroxylation is 2. The number of nitrogens with one attached hydrogen (secondary N) is 2. The molecule has 0 saturated heterocycles. The number of aliphatic hydroxyl groups is 1. The SMILES string of the molecule is CCc1ccc([C@@H](CO)NCc2nc3nccc(C)c3[nH]2)cc1. The molecule has 0 fully saturated rings. The molecule has 1 aromatic carbocycles. The highest BCUT2D eigenvalue weighted by atomic mass is 16.3. The molecule has 1 atom stereocenters. The molecular formula is C18H22N4O. The molecule has 23 heavy (non-hydrogen) atoms. The quantitative estimate of drug-likeness (QED) is 0.654. The Morgan fingerprint density at radius 1 is 1.22 bits per heavy atom. The monoisotopic (exact) mass is 310 g/mol. The van der Waals surface area contributed by atoms with Gasteiger partial charge in [-0.2, -0.15) is 0 Å². The summed E-state index contributed by atoms with van der Waals surface area (Å²) in [7, 11) is 0. The topological polar surface area (TPSA) is 73.8 Å². The van der Waals surface area contributed by atoms with Crippen molar-refractivity contribution in [1.29, 1.82) is 0 Å². The van der Waals surface area contributed by atoms with Gasteiger partial charge < -0.3 is 15.4 Å². The second kappa shape index (κ2) is 6.89. The Morgan fingerprint density at radius 2 is 2.00 bits per heavy atom. The molecular weight excluding hydrogens is 288 g/mol.